The maximum atomic E-state index is 13.5. The summed E-state index contributed by atoms with van der Waals surface area (Å²) in [6, 6.07) is 14.0. The predicted molar refractivity (Wildman–Crippen MR) is 108 cm³/mol. The summed E-state index contributed by atoms with van der Waals surface area (Å²) < 4.78 is 2.04. The zero-order valence-corrected chi connectivity index (χ0v) is 16.1. The molecule has 29 heavy (non-hydrogen) atoms. The number of piperazine rings is 1. The van der Waals surface area contributed by atoms with Crippen LogP contribution in [-0.4, -0.2) is 50.6 Å². The highest BCUT2D eigenvalue weighted by atomic mass is 16.2. The van der Waals surface area contributed by atoms with Crippen molar-refractivity contribution in [1.29, 1.82) is 0 Å². The van der Waals surface area contributed by atoms with Gasteiger partial charge in [0.15, 0.2) is 5.69 Å². The van der Waals surface area contributed by atoms with Gasteiger partial charge in [0.1, 0.15) is 12.4 Å². The van der Waals surface area contributed by atoms with E-state index in [-0.39, 0.29) is 24.4 Å². The minimum Gasteiger partial charge on any atom is -0.332 e. The van der Waals surface area contributed by atoms with Crippen LogP contribution in [0.4, 0.5) is 0 Å². The van der Waals surface area contributed by atoms with E-state index in [1.54, 1.807) is 4.90 Å². The Morgan fingerprint density at radius 2 is 1.90 bits per heavy atom. The summed E-state index contributed by atoms with van der Waals surface area (Å²) in [5.41, 5.74) is 3.74. The topological polar surface area (TPSA) is 57.9 Å². The van der Waals surface area contributed by atoms with E-state index in [1.807, 2.05) is 45.8 Å². The lowest BCUT2D eigenvalue weighted by molar-refractivity contribution is -0.139. The lowest BCUT2D eigenvalue weighted by atomic mass is 9.90. The quantitative estimate of drug-likeness (QED) is 0.681. The predicted octanol–water partition coefficient (Wildman–Crippen LogP) is 2.79. The summed E-state index contributed by atoms with van der Waals surface area (Å²) in [6.45, 7) is 1.37. The first-order valence-corrected chi connectivity index (χ1v) is 10.3. The van der Waals surface area contributed by atoms with E-state index in [0.29, 0.717) is 18.2 Å². The molecule has 6 rings (SSSR count). The molecule has 146 valence electrons. The van der Waals surface area contributed by atoms with Gasteiger partial charge in [0, 0.05) is 25.2 Å². The zero-order chi connectivity index (χ0) is 19.5. The van der Waals surface area contributed by atoms with Crippen LogP contribution in [0.5, 0.6) is 0 Å². The van der Waals surface area contributed by atoms with Gasteiger partial charge in [-0.2, -0.15) is 0 Å². The summed E-state index contributed by atoms with van der Waals surface area (Å²) in [5, 5.41) is 0. The Labute approximate surface area is 168 Å². The normalized spacial score (nSPS) is 21.2. The van der Waals surface area contributed by atoms with Crippen LogP contribution in [0.15, 0.2) is 48.7 Å². The second-order valence-corrected chi connectivity index (χ2v) is 8.29. The first-order valence-electron chi connectivity index (χ1n) is 10.3. The molecule has 3 aliphatic rings. The molecule has 4 heterocycles. The molecule has 2 amide bonds. The van der Waals surface area contributed by atoms with Crippen LogP contribution in [0.25, 0.3) is 5.52 Å². The van der Waals surface area contributed by atoms with Gasteiger partial charge in [0.05, 0.1) is 11.6 Å². The lowest BCUT2D eigenvalue weighted by Crippen LogP contribution is -2.55. The van der Waals surface area contributed by atoms with Gasteiger partial charge < -0.3 is 14.2 Å². The van der Waals surface area contributed by atoms with Crippen molar-refractivity contribution >= 4 is 17.3 Å². The first-order chi connectivity index (χ1) is 14.2. The third-order valence-corrected chi connectivity index (χ3v) is 6.46. The number of rotatable bonds is 2. The fraction of sp³-hybridized carbons (Fsp3) is 0.348. The Kier molecular flexibility index (Phi) is 3.57. The average molecular weight is 386 g/mol. The van der Waals surface area contributed by atoms with Crippen LogP contribution < -0.4 is 0 Å². The summed E-state index contributed by atoms with van der Waals surface area (Å²) >= 11 is 0. The Bertz CT molecular complexity index is 1150. The average Bonchev–Trinajstić information content (AvgIpc) is 3.53. The molecule has 1 aromatic carbocycles. The second kappa shape index (κ2) is 6.17. The zero-order valence-electron chi connectivity index (χ0n) is 16.1. The molecule has 0 N–H and O–H groups in total. The Balaban J connectivity index is 1.37. The van der Waals surface area contributed by atoms with Gasteiger partial charge in [-0.25, -0.2) is 4.98 Å². The number of pyridine rings is 1. The highest BCUT2D eigenvalue weighted by Gasteiger charge is 2.40. The first kappa shape index (κ1) is 16.8. The van der Waals surface area contributed by atoms with Gasteiger partial charge in [-0.1, -0.05) is 30.3 Å². The van der Waals surface area contributed by atoms with E-state index in [1.165, 1.54) is 5.56 Å². The molecule has 0 spiro atoms. The molecule has 6 nitrogen and oxygen atoms in total. The van der Waals surface area contributed by atoms with Crippen molar-refractivity contribution in [3.63, 3.8) is 0 Å². The van der Waals surface area contributed by atoms with E-state index in [9.17, 15) is 9.59 Å². The number of aromatic nitrogens is 2. The molecule has 0 bridgehead atoms. The van der Waals surface area contributed by atoms with Gasteiger partial charge in [-0.05, 0) is 42.5 Å². The fourth-order valence-electron chi connectivity index (χ4n) is 4.83. The number of fused-ring (bicyclic) bond motifs is 4. The van der Waals surface area contributed by atoms with E-state index < -0.39 is 0 Å². The molecule has 1 saturated heterocycles. The van der Waals surface area contributed by atoms with Gasteiger partial charge >= 0.3 is 0 Å². The smallest absolute Gasteiger partial charge is 0.275 e. The maximum Gasteiger partial charge on any atom is 0.275 e. The summed E-state index contributed by atoms with van der Waals surface area (Å²) in [4.78, 5) is 34.7. The molecule has 1 saturated carbocycles. The summed E-state index contributed by atoms with van der Waals surface area (Å²) in [5.74, 6) is 1.29. The number of carbonyl (C=O) groups is 2. The van der Waals surface area contributed by atoms with Crippen LogP contribution in [0.3, 0.4) is 0 Å². The van der Waals surface area contributed by atoms with Crippen LogP contribution >= 0.6 is 0 Å². The third kappa shape index (κ3) is 2.58. The van der Waals surface area contributed by atoms with Gasteiger partial charge in [0.2, 0.25) is 5.91 Å². The molecule has 2 fully saturated rings. The van der Waals surface area contributed by atoms with Crippen molar-refractivity contribution in [2.75, 3.05) is 19.6 Å². The molecule has 0 radical (unpaired) electrons. The third-order valence-electron chi connectivity index (χ3n) is 6.46. The number of imidazole rings is 1. The number of amides is 2. The number of hydrogen-bond donors (Lipinski definition) is 0. The molecule has 1 aliphatic carbocycles. The minimum atomic E-state index is -0.142. The Hall–Kier alpha value is -3.15. The van der Waals surface area contributed by atoms with Crippen molar-refractivity contribution < 1.29 is 9.59 Å². The van der Waals surface area contributed by atoms with E-state index in [4.69, 9.17) is 4.98 Å². The molecule has 2 aromatic heterocycles. The lowest BCUT2D eigenvalue weighted by Gasteiger charge is -2.44. The number of nitrogens with zero attached hydrogens (tertiary/aromatic N) is 4. The molecular weight excluding hydrogens is 364 g/mol. The number of carbonyl (C=O) groups excluding carboxylic acids is 2. The van der Waals surface area contributed by atoms with Crippen molar-refractivity contribution in [2.24, 2.45) is 0 Å². The second-order valence-electron chi connectivity index (χ2n) is 8.29. The molecule has 2 aliphatic heterocycles. The molecule has 1 unspecified atom stereocenters. The Morgan fingerprint density at radius 3 is 2.76 bits per heavy atom. The van der Waals surface area contributed by atoms with Crippen LogP contribution in [0, 0.1) is 0 Å². The van der Waals surface area contributed by atoms with Crippen molar-refractivity contribution in [3.8, 4) is 0 Å². The van der Waals surface area contributed by atoms with Gasteiger partial charge in [-0.15, -0.1) is 0 Å². The summed E-state index contributed by atoms with van der Waals surface area (Å²) in [6.07, 6.45) is 5.10. The number of hydrogen-bond acceptors (Lipinski definition) is 3. The van der Waals surface area contributed by atoms with E-state index in [0.717, 1.165) is 42.7 Å². The number of benzene rings is 1. The van der Waals surface area contributed by atoms with E-state index >= 15 is 0 Å². The van der Waals surface area contributed by atoms with Crippen molar-refractivity contribution in [1.82, 2.24) is 19.2 Å². The van der Waals surface area contributed by atoms with Crippen molar-refractivity contribution in [3.05, 3.63) is 71.3 Å². The van der Waals surface area contributed by atoms with Gasteiger partial charge in [-0.3, -0.25) is 9.59 Å². The highest BCUT2D eigenvalue weighted by Crippen LogP contribution is 2.40. The molecule has 3 aromatic rings. The molecule has 6 heteroatoms. The largest absolute Gasteiger partial charge is 0.332 e. The van der Waals surface area contributed by atoms with E-state index in [2.05, 4.69) is 12.1 Å². The Morgan fingerprint density at radius 1 is 1.07 bits per heavy atom. The fourth-order valence-corrected chi connectivity index (χ4v) is 4.83. The van der Waals surface area contributed by atoms with Gasteiger partial charge in [0.25, 0.3) is 5.91 Å². The minimum absolute atomic E-state index is 0.0232. The SMILES string of the molecule is O=C(c1nc(C2CC2)n2ccccc12)N1CC(=O)N2CCc3ccccc3C2C1. The highest BCUT2D eigenvalue weighted by molar-refractivity contribution is 6.01. The van der Waals surface area contributed by atoms with Crippen LogP contribution in [0.2, 0.25) is 0 Å². The maximum absolute atomic E-state index is 13.5. The molecular formula is C23H22N4O2. The summed E-state index contributed by atoms with van der Waals surface area (Å²) in [7, 11) is 0. The monoisotopic (exact) mass is 386 g/mol. The van der Waals surface area contributed by atoms with Crippen molar-refractivity contribution in [2.45, 2.75) is 31.2 Å². The van der Waals surface area contributed by atoms with Crippen LogP contribution in [-0.2, 0) is 11.2 Å². The standard InChI is InChI=1S/C23H22N4O2/c28-20-14-25(13-19-17-6-2-1-5-15(17)10-12-26(19)20)23(29)21-18-7-3-4-11-27(18)22(24-21)16-8-9-16/h1-7,11,16,19H,8-10,12-14H2. The van der Waals surface area contributed by atoms with Crippen LogP contribution in [0.1, 0.15) is 52.2 Å². The molecule has 1 atom stereocenters.